The fraction of sp³-hybridized carbons (Fsp3) is 0.483. The van der Waals surface area contributed by atoms with Crippen molar-refractivity contribution in [2.45, 2.75) is 51.4 Å². The molecule has 0 spiro atoms. The maximum atomic E-state index is 12.6. The number of carbonyl (C=O) groups excluding carboxylic acids is 1. The summed E-state index contributed by atoms with van der Waals surface area (Å²) in [5, 5.41) is 1.21. The van der Waals surface area contributed by atoms with Gasteiger partial charge in [0.05, 0.1) is 11.9 Å². The summed E-state index contributed by atoms with van der Waals surface area (Å²) < 4.78 is 0. The van der Waals surface area contributed by atoms with Crippen LogP contribution in [0, 0.1) is 11.8 Å². The van der Waals surface area contributed by atoms with E-state index >= 15 is 0 Å². The summed E-state index contributed by atoms with van der Waals surface area (Å²) in [5.41, 5.74) is 2.10. The maximum absolute atomic E-state index is 12.6. The van der Waals surface area contributed by atoms with Crippen molar-refractivity contribution in [3.8, 4) is 0 Å². The van der Waals surface area contributed by atoms with E-state index in [1.165, 1.54) is 37.5 Å². The Morgan fingerprint density at radius 1 is 0.853 bits per heavy atom. The van der Waals surface area contributed by atoms with Crippen LogP contribution in [-0.4, -0.2) is 47.0 Å². The molecule has 2 aliphatic heterocycles. The van der Waals surface area contributed by atoms with E-state index < -0.39 is 0 Å². The Kier molecular flexibility index (Phi) is 7.37. The normalized spacial score (nSPS) is 17.9. The molecule has 34 heavy (non-hydrogen) atoms. The number of pyridine rings is 2. The molecule has 0 unspecified atom stereocenters. The fourth-order valence-electron chi connectivity index (χ4n) is 5.64. The van der Waals surface area contributed by atoms with Crippen LogP contribution in [0.3, 0.4) is 0 Å². The van der Waals surface area contributed by atoms with Crippen molar-refractivity contribution in [3.63, 3.8) is 0 Å². The lowest BCUT2D eigenvalue weighted by Gasteiger charge is -2.34. The molecule has 1 amide bonds. The number of anilines is 1. The second kappa shape index (κ2) is 11.0. The van der Waals surface area contributed by atoms with Crippen LogP contribution in [0.2, 0.25) is 0 Å². The number of hydrogen-bond acceptors (Lipinski definition) is 4. The van der Waals surface area contributed by atoms with E-state index in [-0.39, 0.29) is 5.91 Å². The third-order valence-corrected chi connectivity index (χ3v) is 7.79. The van der Waals surface area contributed by atoms with Crippen LogP contribution in [0.15, 0.2) is 60.9 Å². The van der Waals surface area contributed by atoms with Gasteiger partial charge in [0.15, 0.2) is 0 Å². The van der Waals surface area contributed by atoms with Crippen molar-refractivity contribution in [3.05, 3.63) is 66.5 Å². The summed E-state index contributed by atoms with van der Waals surface area (Å²) in [6, 6.07) is 16.6. The lowest BCUT2D eigenvalue weighted by Crippen LogP contribution is -2.39. The second-order valence-corrected chi connectivity index (χ2v) is 10.1. The molecular weight excluding hydrogens is 420 g/mol. The fourth-order valence-corrected chi connectivity index (χ4v) is 5.64. The highest BCUT2D eigenvalue weighted by molar-refractivity contribution is 5.80. The predicted octanol–water partition coefficient (Wildman–Crippen LogP) is 5.50. The molecule has 2 aromatic heterocycles. The molecule has 0 radical (unpaired) electrons. The average molecular weight is 457 g/mol. The van der Waals surface area contributed by atoms with Crippen molar-refractivity contribution >= 4 is 22.6 Å². The largest absolute Gasteiger partial charge is 0.357 e. The molecule has 0 atom stereocenters. The zero-order valence-electron chi connectivity index (χ0n) is 20.1. The van der Waals surface area contributed by atoms with E-state index in [4.69, 9.17) is 4.98 Å². The smallest absolute Gasteiger partial charge is 0.227 e. The van der Waals surface area contributed by atoms with E-state index in [2.05, 4.69) is 51.2 Å². The van der Waals surface area contributed by atoms with E-state index in [1.54, 1.807) is 12.4 Å². The number of hydrogen-bond donors (Lipinski definition) is 0. The summed E-state index contributed by atoms with van der Waals surface area (Å²) in [6.07, 6.45) is 12.9. The first-order valence-corrected chi connectivity index (χ1v) is 13.0. The monoisotopic (exact) mass is 456 g/mol. The lowest BCUT2D eigenvalue weighted by molar-refractivity contribution is -0.131. The molecule has 2 aliphatic rings. The van der Waals surface area contributed by atoms with E-state index in [9.17, 15) is 4.79 Å². The zero-order valence-corrected chi connectivity index (χ0v) is 20.1. The van der Waals surface area contributed by atoms with Crippen LogP contribution in [-0.2, 0) is 11.2 Å². The summed E-state index contributed by atoms with van der Waals surface area (Å²) in [7, 11) is 0. The number of benzene rings is 1. The van der Waals surface area contributed by atoms with Crippen molar-refractivity contribution in [1.29, 1.82) is 0 Å². The summed E-state index contributed by atoms with van der Waals surface area (Å²) >= 11 is 0. The molecule has 2 saturated heterocycles. The molecule has 178 valence electrons. The molecule has 1 aromatic carbocycles. The quantitative estimate of drug-likeness (QED) is 0.471. The molecule has 5 heteroatoms. The van der Waals surface area contributed by atoms with E-state index in [1.807, 2.05) is 12.1 Å². The number of likely N-dealkylation sites (tertiary alicyclic amines) is 1. The Labute approximate surface area is 203 Å². The minimum atomic E-state index is 0.249. The van der Waals surface area contributed by atoms with Crippen molar-refractivity contribution in [1.82, 2.24) is 14.9 Å². The number of carbonyl (C=O) groups is 1. The third-order valence-electron chi connectivity index (χ3n) is 7.79. The van der Waals surface area contributed by atoms with Crippen LogP contribution >= 0.6 is 0 Å². The molecular formula is C29H36N4O. The number of para-hydroxylation sites is 1. The van der Waals surface area contributed by atoms with Gasteiger partial charge in [0.2, 0.25) is 5.91 Å². The highest BCUT2D eigenvalue weighted by Crippen LogP contribution is 2.29. The highest BCUT2D eigenvalue weighted by Gasteiger charge is 2.24. The molecule has 0 bridgehead atoms. The SMILES string of the molecule is O=C(Cc1cccnc1)N1CCC(CCCC2CCN(c3ccc4ccccc4n3)CC2)CC1. The molecule has 0 saturated carbocycles. The van der Waals surface area contributed by atoms with E-state index in [0.717, 1.165) is 67.8 Å². The molecule has 3 aromatic rings. The minimum Gasteiger partial charge on any atom is -0.357 e. The number of rotatable bonds is 7. The Morgan fingerprint density at radius 2 is 1.59 bits per heavy atom. The number of nitrogens with zero attached hydrogens (tertiary/aromatic N) is 4. The van der Waals surface area contributed by atoms with Gasteiger partial charge in [-0.15, -0.1) is 0 Å². The van der Waals surface area contributed by atoms with Crippen LogP contribution in [0.4, 0.5) is 5.82 Å². The average Bonchev–Trinajstić information content (AvgIpc) is 2.90. The van der Waals surface area contributed by atoms with Crippen LogP contribution in [0.1, 0.15) is 50.5 Å². The molecule has 0 aliphatic carbocycles. The van der Waals surface area contributed by atoms with Gasteiger partial charge in [0.25, 0.3) is 0 Å². The van der Waals surface area contributed by atoms with Crippen LogP contribution in [0.25, 0.3) is 10.9 Å². The predicted molar refractivity (Wildman–Crippen MR) is 138 cm³/mol. The van der Waals surface area contributed by atoms with Crippen molar-refractivity contribution in [2.24, 2.45) is 11.8 Å². The van der Waals surface area contributed by atoms with Gasteiger partial charge in [-0.3, -0.25) is 9.78 Å². The number of aromatic nitrogens is 2. The molecule has 5 rings (SSSR count). The molecule has 0 N–H and O–H groups in total. The minimum absolute atomic E-state index is 0.249. The third kappa shape index (κ3) is 5.75. The zero-order chi connectivity index (χ0) is 23.2. The van der Waals surface area contributed by atoms with Gasteiger partial charge in [-0.25, -0.2) is 4.98 Å². The molecule has 2 fully saturated rings. The first kappa shape index (κ1) is 22.8. The summed E-state index contributed by atoms with van der Waals surface area (Å²) in [6.45, 7) is 4.07. The maximum Gasteiger partial charge on any atom is 0.227 e. The summed E-state index contributed by atoms with van der Waals surface area (Å²) in [5.74, 6) is 3.00. The van der Waals surface area contributed by atoms with Gasteiger partial charge in [-0.05, 0) is 67.3 Å². The molecule has 4 heterocycles. The molecule has 5 nitrogen and oxygen atoms in total. The van der Waals surface area contributed by atoms with Gasteiger partial charge < -0.3 is 9.80 Å². The van der Waals surface area contributed by atoms with Gasteiger partial charge in [0, 0.05) is 44.0 Å². The number of piperidine rings is 2. The van der Waals surface area contributed by atoms with Crippen molar-refractivity contribution in [2.75, 3.05) is 31.1 Å². The Balaban J connectivity index is 0.995. The second-order valence-electron chi connectivity index (χ2n) is 10.1. The van der Waals surface area contributed by atoms with E-state index in [0.29, 0.717) is 6.42 Å². The van der Waals surface area contributed by atoms with Crippen LogP contribution < -0.4 is 4.90 Å². The Hall–Kier alpha value is -2.95. The Bertz CT molecular complexity index is 1070. The standard InChI is InChI=1S/C29H36N4O/c34-29(21-25-7-4-16-30-22-25)33-19-14-24(15-20-33)6-3-5-23-12-17-32(18-13-23)28-11-10-26-8-1-2-9-27(26)31-28/h1-2,4,7-11,16,22-24H,3,5-6,12-15,17-21H2. The van der Waals surface area contributed by atoms with Crippen molar-refractivity contribution < 1.29 is 4.79 Å². The van der Waals surface area contributed by atoms with Gasteiger partial charge >= 0.3 is 0 Å². The number of amides is 1. The highest BCUT2D eigenvalue weighted by atomic mass is 16.2. The lowest BCUT2D eigenvalue weighted by atomic mass is 9.86. The van der Waals surface area contributed by atoms with Gasteiger partial charge in [0.1, 0.15) is 5.82 Å². The van der Waals surface area contributed by atoms with Gasteiger partial charge in [-0.2, -0.15) is 0 Å². The number of fused-ring (bicyclic) bond motifs is 1. The first-order valence-electron chi connectivity index (χ1n) is 13.0. The summed E-state index contributed by atoms with van der Waals surface area (Å²) in [4.78, 5) is 26.1. The Morgan fingerprint density at radius 3 is 2.32 bits per heavy atom. The van der Waals surface area contributed by atoms with Gasteiger partial charge in [-0.1, -0.05) is 43.5 Å². The van der Waals surface area contributed by atoms with Crippen LogP contribution in [0.5, 0.6) is 0 Å². The topological polar surface area (TPSA) is 49.3 Å². The first-order chi connectivity index (χ1) is 16.7.